The average molecular weight is 626 g/mol. The van der Waals surface area contributed by atoms with E-state index < -0.39 is 28.5 Å². The van der Waals surface area contributed by atoms with Crippen LogP contribution in [0.4, 0.5) is 5.69 Å². The summed E-state index contributed by atoms with van der Waals surface area (Å²) in [7, 11) is -1.44. The van der Waals surface area contributed by atoms with E-state index in [9.17, 15) is 18.0 Å². The molecule has 0 radical (unpaired) electrons. The van der Waals surface area contributed by atoms with Gasteiger partial charge in [0.2, 0.25) is 11.8 Å². The van der Waals surface area contributed by atoms with Crippen molar-refractivity contribution in [3.8, 4) is 17.2 Å². The number of nitrogens with zero attached hydrogens (tertiary/aromatic N) is 2. The molecule has 0 aliphatic carbocycles. The second-order valence-corrected chi connectivity index (χ2v) is 12.4. The molecular formula is C33H43N3O7S. The molecule has 0 aromatic heterocycles. The fourth-order valence-electron chi connectivity index (χ4n) is 4.78. The van der Waals surface area contributed by atoms with Crippen LogP contribution in [0, 0.1) is 6.92 Å². The Balaban J connectivity index is 2.12. The third-order valence-electron chi connectivity index (χ3n) is 7.08. The molecular weight excluding hydrogens is 582 g/mol. The molecule has 238 valence electrons. The number of ether oxygens (including phenoxy) is 3. The van der Waals surface area contributed by atoms with Crippen molar-refractivity contribution in [2.24, 2.45) is 0 Å². The van der Waals surface area contributed by atoms with E-state index in [0.717, 1.165) is 15.4 Å². The number of carbonyl (C=O) groups excluding carboxylic acids is 2. The van der Waals surface area contributed by atoms with Crippen LogP contribution in [0.2, 0.25) is 0 Å². The van der Waals surface area contributed by atoms with Crippen molar-refractivity contribution >= 4 is 27.5 Å². The molecule has 3 aromatic carbocycles. The summed E-state index contributed by atoms with van der Waals surface area (Å²) in [5, 5.41) is 2.91. The lowest BCUT2D eigenvalue weighted by atomic mass is 10.1. The van der Waals surface area contributed by atoms with Gasteiger partial charge in [-0.25, -0.2) is 8.42 Å². The first-order valence-corrected chi connectivity index (χ1v) is 16.0. The quantitative estimate of drug-likeness (QED) is 0.255. The predicted molar refractivity (Wildman–Crippen MR) is 171 cm³/mol. The minimum atomic E-state index is -4.31. The van der Waals surface area contributed by atoms with Crippen LogP contribution in [0.1, 0.15) is 45.2 Å². The van der Waals surface area contributed by atoms with Crippen LogP contribution in [0.3, 0.4) is 0 Å². The van der Waals surface area contributed by atoms with Crippen molar-refractivity contribution in [1.82, 2.24) is 10.2 Å². The largest absolute Gasteiger partial charge is 0.494 e. The SMILES string of the molecule is CCOc1ccc(N(CC(=O)N(Cc2ccccc2C)[C@@H](CC)C(=O)NC(C)C)S(=O)(=O)c2ccc(OC)c(OC)c2)cc1. The molecule has 0 unspecified atom stereocenters. The Bertz CT molecular complexity index is 1520. The van der Waals surface area contributed by atoms with Gasteiger partial charge in [0, 0.05) is 18.7 Å². The molecule has 11 heteroatoms. The average Bonchev–Trinajstić information content (AvgIpc) is 3.00. The zero-order chi connectivity index (χ0) is 32.4. The van der Waals surface area contributed by atoms with Crippen LogP contribution in [-0.2, 0) is 26.2 Å². The lowest BCUT2D eigenvalue weighted by Crippen LogP contribution is -2.53. The van der Waals surface area contributed by atoms with Gasteiger partial charge in [0.15, 0.2) is 11.5 Å². The Hall–Kier alpha value is -4.25. The van der Waals surface area contributed by atoms with E-state index in [0.29, 0.717) is 24.5 Å². The summed E-state index contributed by atoms with van der Waals surface area (Å²) in [5.41, 5.74) is 2.06. The highest BCUT2D eigenvalue weighted by molar-refractivity contribution is 7.92. The Morgan fingerprint density at radius 3 is 2.14 bits per heavy atom. The van der Waals surface area contributed by atoms with Gasteiger partial charge in [0.1, 0.15) is 18.3 Å². The molecule has 0 heterocycles. The number of rotatable bonds is 15. The molecule has 2 amide bonds. The number of methoxy groups -OCH3 is 2. The fraction of sp³-hybridized carbons (Fsp3) is 0.394. The van der Waals surface area contributed by atoms with E-state index in [2.05, 4.69) is 5.32 Å². The standard InChI is InChI=1S/C33H43N3O7S/c1-8-29(33(38)34-23(3)4)35(21-25-13-11-10-12-24(25)5)32(37)22-36(26-14-16-27(17-15-26)43-9-2)44(39,40)28-18-19-30(41-6)31(20-28)42-7/h10-20,23,29H,8-9,21-22H2,1-7H3,(H,34,38)/t29-/m0/s1. The second-order valence-electron chi connectivity index (χ2n) is 10.5. The van der Waals surface area contributed by atoms with Crippen molar-refractivity contribution in [2.75, 3.05) is 31.7 Å². The molecule has 3 rings (SSSR count). The zero-order valence-electron chi connectivity index (χ0n) is 26.5. The maximum atomic E-state index is 14.3. The van der Waals surface area contributed by atoms with Gasteiger partial charge < -0.3 is 24.4 Å². The van der Waals surface area contributed by atoms with Gasteiger partial charge in [-0.05, 0) is 81.6 Å². The number of nitrogens with one attached hydrogen (secondary N) is 1. The summed E-state index contributed by atoms with van der Waals surface area (Å²) in [6.07, 6.45) is 0.335. The predicted octanol–water partition coefficient (Wildman–Crippen LogP) is 4.94. The van der Waals surface area contributed by atoms with E-state index in [1.165, 1.54) is 37.3 Å². The molecule has 0 saturated carbocycles. The molecule has 0 aliphatic heterocycles. The first-order chi connectivity index (χ1) is 21.0. The van der Waals surface area contributed by atoms with E-state index >= 15 is 0 Å². The highest BCUT2D eigenvalue weighted by atomic mass is 32.2. The topological polar surface area (TPSA) is 114 Å². The Labute approximate surface area is 261 Å². The summed E-state index contributed by atoms with van der Waals surface area (Å²) in [6, 6.07) is 17.4. The van der Waals surface area contributed by atoms with Crippen LogP contribution in [0.15, 0.2) is 71.6 Å². The Morgan fingerprint density at radius 2 is 1.57 bits per heavy atom. The van der Waals surface area contributed by atoms with Gasteiger partial charge in [-0.2, -0.15) is 0 Å². The number of hydrogen-bond acceptors (Lipinski definition) is 7. The lowest BCUT2D eigenvalue weighted by molar-refractivity contribution is -0.140. The molecule has 0 spiro atoms. The first kappa shape index (κ1) is 34.2. The van der Waals surface area contributed by atoms with E-state index in [1.807, 2.05) is 58.9 Å². The molecule has 0 fully saturated rings. The third kappa shape index (κ3) is 8.22. The summed E-state index contributed by atoms with van der Waals surface area (Å²) in [4.78, 5) is 29.0. The fourth-order valence-corrected chi connectivity index (χ4v) is 6.21. The number of sulfonamides is 1. The number of hydrogen-bond donors (Lipinski definition) is 1. The van der Waals surface area contributed by atoms with Gasteiger partial charge in [0.25, 0.3) is 10.0 Å². The van der Waals surface area contributed by atoms with Crippen LogP contribution >= 0.6 is 0 Å². The molecule has 0 aliphatic rings. The molecule has 10 nitrogen and oxygen atoms in total. The van der Waals surface area contributed by atoms with E-state index in [4.69, 9.17) is 14.2 Å². The summed E-state index contributed by atoms with van der Waals surface area (Å²) in [5.74, 6) is 0.311. The molecule has 1 atom stereocenters. The zero-order valence-corrected chi connectivity index (χ0v) is 27.3. The number of benzene rings is 3. The van der Waals surface area contributed by atoms with Crippen molar-refractivity contribution in [2.45, 2.75) is 64.6 Å². The number of amides is 2. The van der Waals surface area contributed by atoms with E-state index in [1.54, 1.807) is 24.3 Å². The molecule has 3 aromatic rings. The number of aryl methyl sites for hydroxylation is 1. The van der Waals surface area contributed by atoms with Crippen molar-refractivity contribution in [3.05, 3.63) is 77.9 Å². The van der Waals surface area contributed by atoms with Gasteiger partial charge in [-0.15, -0.1) is 0 Å². The number of anilines is 1. The van der Waals surface area contributed by atoms with Gasteiger partial charge in [0.05, 0.1) is 31.4 Å². The highest BCUT2D eigenvalue weighted by Gasteiger charge is 2.34. The van der Waals surface area contributed by atoms with Crippen LogP contribution in [-0.4, -0.2) is 64.6 Å². The van der Waals surface area contributed by atoms with Gasteiger partial charge in [-0.3, -0.25) is 13.9 Å². The van der Waals surface area contributed by atoms with Crippen LogP contribution in [0.25, 0.3) is 0 Å². The lowest BCUT2D eigenvalue weighted by Gasteiger charge is -2.34. The summed E-state index contributed by atoms with van der Waals surface area (Å²) in [6.45, 7) is 9.32. The maximum Gasteiger partial charge on any atom is 0.264 e. The van der Waals surface area contributed by atoms with E-state index in [-0.39, 0.29) is 34.8 Å². The molecule has 44 heavy (non-hydrogen) atoms. The molecule has 0 saturated heterocycles. The normalized spacial score (nSPS) is 11.9. The number of carbonyl (C=O) groups is 2. The Kier molecular flexibility index (Phi) is 12.0. The minimum Gasteiger partial charge on any atom is -0.494 e. The molecule has 1 N–H and O–H groups in total. The highest BCUT2D eigenvalue weighted by Crippen LogP contribution is 2.33. The van der Waals surface area contributed by atoms with Crippen LogP contribution < -0.4 is 23.8 Å². The molecule has 0 bridgehead atoms. The third-order valence-corrected chi connectivity index (χ3v) is 8.85. The summed E-state index contributed by atoms with van der Waals surface area (Å²) >= 11 is 0. The smallest absolute Gasteiger partial charge is 0.264 e. The van der Waals surface area contributed by atoms with Gasteiger partial charge >= 0.3 is 0 Å². The second kappa shape index (κ2) is 15.5. The monoisotopic (exact) mass is 625 g/mol. The first-order valence-electron chi connectivity index (χ1n) is 14.6. The Morgan fingerprint density at radius 1 is 0.909 bits per heavy atom. The van der Waals surface area contributed by atoms with Crippen molar-refractivity contribution < 1.29 is 32.2 Å². The van der Waals surface area contributed by atoms with Crippen molar-refractivity contribution in [1.29, 1.82) is 0 Å². The maximum absolute atomic E-state index is 14.3. The summed E-state index contributed by atoms with van der Waals surface area (Å²) < 4.78 is 45.7. The van der Waals surface area contributed by atoms with Gasteiger partial charge in [-0.1, -0.05) is 31.2 Å². The van der Waals surface area contributed by atoms with Crippen molar-refractivity contribution in [3.63, 3.8) is 0 Å². The van der Waals surface area contributed by atoms with Crippen LogP contribution in [0.5, 0.6) is 17.2 Å². The minimum absolute atomic E-state index is 0.0909.